The highest BCUT2D eigenvalue weighted by molar-refractivity contribution is 5.88. The number of fused-ring (bicyclic) bond motifs is 1. The molecule has 0 aliphatic carbocycles. The zero-order valence-electron chi connectivity index (χ0n) is 13.8. The van der Waals surface area contributed by atoms with Crippen LogP contribution in [0.15, 0.2) is 36.8 Å². The number of hydrogen-bond donors (Lipinski definition) is 2. The zero-order valence-corrected chi connectivity index (χ0v) is 13.8. The first-order valence-electron chi connectivity index (χ1n) is 7.82. The lowest BCUT2D eigenvalue weighted by Crippen LogP contribution is -2.17. The second kappa shape index (κ2) is 6.55. The van der Waals surface area contributed by atoms with Crippen LogP contribution in [0.25, 0.3) is 22.4 Å². The van der Waals surface area contributed by atoms with Gasteiger partial charge in [0.05, 0.1) is 23.6 Å². The number of hydrogen-bond acceptors (Lipinski definition) is 5. The number of rotatable bonds is 4. The minimum Gasteiger partial charge on any atom is -0.336 e. The van der Waals surface area contributed by atoms with Gasteiger partial charge in [0.2, 0.25) is 0 Å². The van der Waals surface area contributed by atoms with Crippen molar-refractivity contribution in [3.8, 4) is 11.4 Å². The van der Waals surface area contributed by atoms with Gasteiger partial charge in [0.25, 0.3) is 0 Å². The zero-order chi connectivity index (χ0) is 19.9. The lowest BCUT2D eigenvalue weighted by atomic mass is 10.2. The third-order valence-electron chi connectivity index (χ3n) is 3.72. The summed E-state index contributed by atoms with van der Waals surface area (Å²) in [5.74, 6) is -1.88. The molecular formula is C16H10F5N7. The lowest BCUT2D eigenvalue weighted by Gasteiger charge is -2.08. The molecule has 0 aliphatic heterocycles. The molecule has 0 unspecified atom stereocenters. The van der Waals surface area contributed by atoms with Crippen LogP contribution in [-0.4, -0.2) is 36.1 Å². The van der Waals surface area contributed by atoms with E-state index in [9.17, 15) is 22.0 Å². The molecule has 4 rings (SSSR count). The average molecular weight is 395 g/mol. The maximum absolute atomic E-state index is 14.1. The van der Waals surface area contributed by atoms with Crippen molar-refractivity contribution in [2.45, 2.75) is 12.7 Å². The van der Waals surface area contributed by atoms with Gasteiger partial charge in [-0.2, -0.15) is 23.4 Å². The van der Waals surface area contributed by atoms with Crippen LogP contribution < -0.4 is 5.32 Å². The quantitative estimate of drug-likeness (QED) is 0.514. The summed E-state index contributed by atoms with van der Waals surface area (Å²) < 4.78 is 66.3. The highest BCUT2D eigenvalue weighted by Crippen LogP contribution is 2.29. The van der Waals surface area contributed by atoms with Crippen molar-refractivity contribution >= 4 is 22.5 Å². The molecule has 12 heteroatoms. The van der Waals surface area contributed by atoms with Crippen LogP contribution in [0.2, 0.25) is 0 Å². The van der Waals surface area contributed by atoms with Crippen molar-refractivity contribution in [2.24, 2.45) is 0 Å². The van der Waals surface area contributed by atoms with Gasteiger partial charge in [-0.1, -0.05) is 6.07 Å². The number of benzene rings is 1. The maximum Gasteiger partial charge on any atom is 0.408 e. The first kappa shape index (κ1) is 17.8. The van der Waals surface area contributed by atoms with E-state index in [1.54, 1.807) is 0 Å². The fraction of sp³-hybridized carbons (Fsp3) is 0.125. The van der Waals surface area contributed by atoms with E-state index in [4.69, 9.17) is 0 Å². The standard InChI is InChI=1S/C16H10F5N7/c17-9-2-1-3-10(18)12(9)14-25-11-5-22-27-13(11)15(26-14)24-8-4-23-28(6-8)7-16(19,20)21/h1-6H,7H2,(H,22,27)(H,24,25,26). The summed E-state index contributed by atoms with van der Waals surface area (Å²) in [4.78, 5) is 8.20. The SMILES string of the molecule is Fc1cccc(F)c1-c1nc(Nc2cnn(CC(F)(F)F)c2)c2[nH]ncc2n1. The fourth-order valence-corrected chi connectivity index (χ4v) is 2.59. The first-order valence-corrected chi connectivity index (χ1v) is 7.82. The molecule has 0 saturated carbocycles. The predicted molar refractivity (Wildman–Crippen MR) is 88.6 cm³/mol. The van der Waals surface area contributed by atoms with Crippen LogP contribution >= 0.6 is 0 Å². The molecule has 0 aliphatic rings. The summed E-state index contributed by atoms with van der Waals surface area (Å²) in [5, 5.41) is 12.8. The van der Waals surface area contributed by atoms with Crippen LogP contribution in [0.3, 0.4) is 0 Å². The number of nitrogens with one attached hydrogen (secondary N) is 2. The fourth-order valence-electron chi connectivity index (χ4n) is 2.59. The highest BCUT2D eigenvalue weighted by atomic mass is 19.4. The van der Waals surface area contributed by atoms with Crippen molar-refractivity contribution < 1.29 is 22.0 Å². The Balaban J connectivity index is 1.74. The van der Waals surface area contributed by atoms with Crippen LogP contribution in [0.5, 0.6) is 0 Å². The van der Waals surface area contributed by atoms with E-state index >= 15 is 0 Å². The molecule has 4 aromatic rings. The summed E-state index contributed by atoms with van der Waals surface area (Å²) in [5.41, 5.74) is 0.335. The van der Waals surface area contributed by atoms with E-state index in [2.05, 4.69) is 30.6 Å². The van der Waals surface area contributed by atoms with Gasteiger partial charge in [-0.3, -0.25) is 9.78 Å². The Morgan fingerprint density at radius 2 is 1.82 bits per heavy atom. The van der Waals surface area contributed by atoms with Crippen LogP contribution in [0, 0.1) is 11.6 Å². The Morgan fingerprint density at radius 3 is 2.54 bits per heavy atom. The molecule has 144 valence electrons. The van der Waals surface area contributed by atoms with Crippen LogP contribution in [0.1, 0.15) is 0 Å². The van der Waals surface area contributed by atoms with E-state index in [0.29, 0.717) is 10.2 Å². The minimum atomic E-state index is -4.43. The summed E-state index contributed by atoms with van der Waals surface area (Å²) in [6.45, 7) is -1.26. The van der Waals surface area contributed by atoms with E-state index in [0.717, 1.165) is 18.3 Å². The second-order valence-corrected chi connectivity index (χ2v) is 5.79. The summed E-state index contributed by atoms with van der Waals surface area (Å²) in [6.07, 6.45) is -0.803. The smallest absolute Gasteiger partial charge is 0.336 e. The normalized spacial score (nSPS) is 11.9. The van der Waals surface area contributed by atoms with E-state index in [1.807, 2.05) is 0 Å². The number of H-pyrrole nitrogens is 1. The van der Waals surface area contributed by atoms with Crippen molar-refractivity contribution in [1.29, 1.82) is 0 Å². The molecule has 7 nitrogen and oxygen atoms in total. The highest BCUT2D eigenvalue weighted by Gasteiger charge is 2.28. The first-order chi connectivity index (χ1) is 13.3. The monoisotopic (exact) mass is 395 g/mol. The van der Waals surface area contributed by atoms with Gasteiger partial charge in [-0.15, -0.1) is 0 Å². The number of nitrogens with zero attached hydrogens (tertiary/aromatic N) is 5. The molecule has 0 radical (unpaired) electrons. The van der Waals surface area contributed by atoms with E-state index < -0.39 is 29.9 Å². The van der Waals surface area contributed by atoms with Crippen LogP contribution in [0.4, 0.5) is 33.5 Å². The van der Waals surface area contributed by atoms with Gasteiger partial charge < -0.3 is 5.32 Å². The molecule has 0 amide bonds. The minimum absolute atomic E-state index is 0.0757. The molecule has 2 N–H and O–H groups in total. The average Bonchev–Trinajstić information content (AvgIpc) is 3.22. The summed E-state index contributed by atoms with van der Waals surface area (Å²) in [7, 11) is 0. The molecule has 3 heterocycles. The van der Waals surface area contributed by atoms with Crippen molar-refractivity contribution in [3.63, 3.8) is 0 Å². The third-order valence-corrected chi connectivity index (χ3v) is 3.72. The Labute approximate surface area is 153 Å². The maximum atomic E-state index is 14.1. The lowest BCUT2D eigenvalue weighted by molar-refractivity contribution is -0.142. The third kappa shape index (κ3) is 3.48. The Hall–Kier alpha value is -3.57. The van der Waals surface area contributed by atoms with Crippen LogP contribution in [-0.2, 0) is 6.54 Å². The number of alkyl halides is 3. The summed E-state index contributed by atoms with van der Waals surface area (Å²) >= 11 is 0. The van der Waals surface area contributed by atoms with Gasteiger partial charge in [0, 0.05) is 6.20 Å². The Morgan fingerprint density at radius 1 is 1.07 bits per heavy atom. The number of aromatic amines is 1. The second-order valence-electron chi connectivity index (χ2n) is 5.79. The molecule has 0 spiro atoms. The molecule has 1 aromatic carbocycles. The Kier molecular flexibility index (Phi) is 4.17. The van der Waals surface area contributed by atoms with Gasteiger partial charge in [0.15, 0.2) is 11.6 Å². The topological polar surface area (TPSA) is 84.3 Å². The van der Waals surface area contributed by atoms with E-state index in [-0.39, 0.29) is 22.8 Å². The van der Waals surface area contributed by atoms with Gasteiger partial charge in [-0.05, 0) is 12.1 Å². The molecule has 0 atom stereocenters. The number of anilines is 2. The van der Waals surface area contributed by atoms with Gasteiger partial charge in [0.1, 0.15) is 29.2 Å². The molecule has 28 heavy (non-hydrogen) atoms. The summed E-state index contributed by atoms with van der Waals surface area (Å²) in [6, 6.07) is 3.34. The Bertz CT molecular complexity index is 1130. The molecule has 0 fully saturated rings. The molecule has 3 aromatic heterocycles. The number of aromatic nitrogens is 6. The van der Waals surface area contributed by atoms with Gasteiger partial charge >= 0.3 is 6.18 Å². The van der Waals surface area contributed by atoms with Crippen molar-refractivity contribution in [2.75, 3.05) is 5.32 Å². The van der Waals surface area contributed by atoms with E-state index in [1.165, 1.54) is 18.5 Å². The van der Waals surface area contributed by atoms with Crippen molar-refractivity contribution in [1.82, 2.24) is 29.9 Å². The van der Waals surface area contributed by atoms with Crippen molar-refractivity contribution in [3.05, 3.63) is 48.4 Å². The van der Waals surface area contributed by atoms with Gasteiger partial charge in [-0.25, -0.2) is 18.7 Å². The molecular weight excluding hydrogens is 385 g/mol. The number of halogens is 5. The predicted octanol–water partition coefficient (Wildman–Crippen LogP) is 3.80. The largest absolute Gasteiger partial charge is 0.408 e. The molecule has 0 bridgehead atoms. The molecule has 0 saturated heterocycles.